The van der Waals surface area contributed by atoms with E-state index < -0.39 is 0 Å². The van der Waals surface area contributed by atoms with Gasteiger partial charge in [-0.1, -0.05) is 12.1 Å². The summed E-state index contributed by atoms with van der Waals surface area (Å²) in [5.74, 6) is -0.121. The zero-order valence-corrected chi connectivity index (χ0v) is 12.7. The van der Waals surface area contributed by atoms with Gasteiger partial charge in [0.15, 0.2) is 0 Å². The number of amides is 1. The van der Waals surface area contributed by atoms with Crippen molar-refractivity contribution in [3.05, 3.63) is 47.3 Å². The molecule has 1 aromatic heterocycles. The Labute approximate surface area is 129 Å². The second-order valence-electron chi connectivity index (χ2n) is 5.18. The highest BCUT2D eigenvalue weighted by atomic mass is 35.5. The first-order chi connectivity index (χ1) is 9.66. The standard InChI is InChI=1S/C15H18N4O.ClH/c1-19-14-8-4-7-13(11(14)9-17-19)18-15(20)10-5-2-3-6-12(10)16;/h2-3,5-6,9,13H,4,7-8,16H2,1H3,(H,18,20);1H. The Morgan fingerprint density at radius 3 is 2.95 bits per heavy atom. The molecule has 0 fully saturated rings. The summed E-state index contributed by atoms with van der Waals surface area (Å²) in [6, 6.07) is 7.16. The fourth-order valence-corrected chi connectivity index (χ4v) is 2.80. The van der Waals surface area contributed by atoms with Gasteiger partial charge in [0, 0.05) is 24.0 Å². The van der Waals surface area contributed by atoms with Gasteiger partial charge in [-0.3, -0.25) is 9.48 Å². The first kappa shape index (κ1) is 15.4. The fraction of sp³-hybridized carbons (Fsp3) is 0.333. The Morgan fingerprint density at radius 2 is 2.19 bits per heavy atom. The van der Waals surface area contributed by atoms with Crippen molar-refractivity contribution in [1.82, 2.24) is 15.1 Å². The molecule has 21 heavy (non-hydrogen) atoms. The number of hydrogen-bond acceptors (Lipinski definition) is 3. The van der Waals surface area contributed by atoms with Gasteiger partial charge in [-0.05, 0) is 31.4 Å². The van der Waals surface area contributed by atoms with E-state index in [4.69, 9.17) is 5.73 Å². The normalized spacial score (nSPS) is 16.7. The van der Waals surface area contributed by atoms with Crippen LogP contribution in [0.2, 0.25) is 0 Å². The summed E-state index contributed by atoms with van der Waals surface area (Å²) in [6.07, 6.45) is 4.87. The summed E-state index contributed by atoms with van der Waals surface area (Å²) in [7, 11) is 1.94. The lowest BCUT2D eigenvalue weighted by Gasteiger charge is -2.24. The molecule has 0 radical (unpaired) electrons. The number of anilines is 1. The summed E-state index contributed by atoms with van der Waals surface area (Å²) in [5, 5.41) is 7.36. The maximum atomic E-state index is 12.3. The number of para-hydroxylation sites is 1. The minimum Gasteiger partial charge on any atom is -0.398 e. The van der Waals surface area contributed by atoms with Crippen LogP contribution >= 0.6 is 12.4 Å². The minimum absolute atomic E-state index is 0. The largest absolute Gasteiger partial charge is 0.398 e. The SMILES string of the molecule is Cl.Cn1ncc2c1CCCC2NC(=O)c1ccccc1N. The molecule has 0 saturated carbocycles. The van der Waals surface area contributed by atoms with Crippen LogP contribution in [0.15, 0.2) is 30.5 Å². The number of fused-ring (bicyclic) bond motifs is 1. The van der Waals surface area contributed by atoms with E-state index in [1.165, 1.54) is 5.69 Å². The average molecular weight is 307 g/mol. The summed E-state index contributed by atoms with van der Waals surface area (Å²) in [5.41, 5.74) is 9.22. The Morgan fingerprint density at radius 1 is 1.43 bits per heavy atom. The lowest BCUT2D eigenvalue weighted by Crippen LogP contribution is -2.31. The molecule has 1 unspecified atom stereocenters. The Hall–Kier alpha value is -2.01. The van der Waals surface area contributed by atoms with Gasteiger partial charge in [0.05, 0.1) is 17.8 Å². The molecule has 3 rings (SSSR count). The number of nitrogens with zero attached hydrogens (tertiary/aromatic N) is 2. The predicted molar refractivity (Wildman–Crippen MR) is 84.5 cm³/mol. The second-order valence-corrected chi connectivity index (χ2v) is 5.18. The number of aromatic nitrogens is 2. The smallest absolute Gasteiger partial charge is 0.253 e. The van der Waals surface area contributed by atoms with Gasteiger partial charge in [-0.25, -0.2) is 0 Å². The first-order valence-corrected chi connectivity index (χ1v) is 6.83. The van der Waals surface area contributed by atoms with Crippen molar-refractivity contribution in [2.24, 2.45) is 7.05 Å². The number of carbonyl (C=O) groups excluding carboxylic acids is 1. The van der Waals surface area contributed by atoms with Crippen molar-refractivity contribution < 1.29 is 4.79 Å². The molecule has 1 aliphatic carbocycles. The van der Waals surface area contributed by atoms with Gasteiger partial charge < -0.3 is 11.1 Å². The highest BCUT2D eigenvalue weighted by Crippen LogP contribution is 2.29. The zero-order chi connectivity index (χ0) is 14.1. The molecular weight excluding hydrogens is 288 g/mol. The fourth-order valence-electron chi connectivity index (χ4n) is 2.80. The maximum Gasteiger partial charge on any atom is 0.253 e. The van der Waals surface area contributed by atoms with Gasteiger partial charge in [0.1, 0.15) is 0 Å². The highest BCUT2D eigenvalue weighted by molar-refractivity contribution is 5.99. The topological polar surface area (TPSA) is 72.9 Å². The molecule has 0 aliphatic heterocycles. The highest BCUT2D eigenvalue weighted by Gasteiger charge is 2.25. The number of hydrogen-bond donors (Lipinski definition) is 2. The number of carbonyl (C=O) groups is 1. The summed E-state index contributed by atoms with van der Waals surface area (Å²) >= 11 is 0. The molecule has 0 saturated heterocycles. The van der Waals surface area contributed by atoms with Crippen molar-refractivity contribution in [1.29, 1.82) is 0 Å². The summed E-state index contributed by atoms with van der Waals surface area (Å²) in [6.45, 7) is 0. The predicted octanol–water partition coefficient (Wildman–Crippen LogP) is 2.23. The number of nitrogen functional groups attached to an aromatic ring is 1. The molecule has 1 aromatic carbocycles. The van der Waals surface area contributed by atoms with Gasteiger partial charge in [0.25, 0.3) is 5.91 Å². The molecule has 0 bridgehead atoms. The zero-order valence-electron chi connectivity index (χ0n) is 11.9. The molecule has 1 aliphatic rings. The maximum absolute atomic E-state index is 12.3. The summed E-state index contributed by atoms with van der Waals surface area (Å²) in [4.78, 5) is 12.3. The quantitative estimate of drug-likeness (QED) is 0.836. The molecule has 1 heterocycles. The molecule has 2 aromatic rings. The first-order valence-electron chi connectivity index (χ1n) is 6.83. The van der Waals surface area contributed by atoms with E-state index in [0.717, 1.165) is 24.8 Å². The second kappa shape index (κ2) is 6.18. The Kier molecular flexibility index (Phi) is 4.53. The number of rotatable bonds is 2. The van der Waals surface area contributed by atoms with E-state index in [0.29, 0.717) is 11.3 Å². The van der Waals surface area contributed by atoms with Crippen LogP contribution in [0.4, 0.5) is 5.69 Å². The minimum atomic E-state index is -0.121. The van der Waals surface area contributed by atoms with Crippen LogP contribution in [-0.2, 0) is 13.5 Å². The number of aryl methyl sites for hydroxylation is 1. The molecule has 5 nitrogen and oxygen atoms in total. The Bertz CT molecular complexity index is 653. The van der Waals surface area contributed by atoms with Crippen molar-refractivity contribution in [2.45, 2.75) is 25.3 Å². The third kappa shape index (κ3) is 2.88. The van der Waals surface area contributed by atoms with Crippen molar-refractivity contribution in [3.63, 3.8) is 0 Å². The molecule has 0 spiro atoms. The van der Waals surface area contributed by atoms with Crippen LogP contribution in [0, 0.1) is 0 Å². The van der Waals surface area contributed by atoms with Crippen LogP contribution in [0.25, 0.3) is 0 Å². The van der Waals surface area contributed by atoms with Gasteiger partial charge in [-0.2, -0.15) is 5.10 Å². The Balaban J connectivity index is 0.00000161. The van der Waals surface area contributed by atoms with E-state index in [-0.39, 0.29) is 24.4 Å². The van der Waals surface area contributed by atoms with Gasteiger partial charge in [0.2, 0.25) is 0 Å². The third-order valence-electron chi connectivity index (χ3n) is 3.89. The van der Waals surface area contributed by atoms with Crippen LogP contribution in [0.1, 0.15) is 40.5 Å². The molecule has 3 N–H and O–H groups in total. The lowest BCUT2D eigenvalue weighted by atomic mass is 9.92. The number of nitrogens with two attached hydrogens (primary N) is 1. The molecule has 1 amide bonds. The molecular formula is C15H19ClN4O. The van der Waals surface area contributed by atoms with Crippen molar-refractivity contribution in [3.8, 4) is 0 Å². The lowest BCUT2D eigenvalue weighted by molar-refractivity contribution is 0.0933. The third-order valence-corrected chi connectivity index (χ3v) is 3.89. The van der Waals surface area contributed by atoms with E-state index in [9.17, 15) is 4.79 Å². The van der Waals surface area contributed by atoms with Crippen LogP contribution in [-0.4, -0.2) is 15.7 Å². The van der Waals surface area contributed by atoms with Crippen LogP contribution in [0.5, 0.6) is 0 Å². The van der Waals surface area contributed by atoms with Crippen molar-refractivity contribution >= 4 is 24.0 Å². The van der Waals surface area contributed by atoms with Gasteiger partial charge >= 0.3 is 0 Å². The summed E-state index contributed by atoms with van der Waals surface area (Å²) < 4.78 is 1.89. The number of nitrogens with one attached hydrogen (secondary N) is 1. The van der Waals surface area contributed by atoms with E-state index in [2.05, 4.69) is 10.4 Å². The van der Waals surface area contributed by atoms with E-state index in [1.807, 2.05) is 30.1 Å². The molecule has 112 valence electrons. The monoisotopic (exact) mass is 306 g/mol. The van der Waals surface area contributed by atoms with E-state index >= 15 is 0 Å². The van der Waals surface area contributed by atoms with Crippen LogP contribution < -0.4 is 11.1 Å². The van der Waals surface area contributed by atoms with E-state index in [1.54, 1.807) is 12.1 Å². The molecule has 1 atom stereocenters. The van der Waals surface area contributed by atoms with Crippen LogP contribution in [0.3, 0.4) is 0 Å². The molecule has 6 heteroatoms. The number of benzene rings is 1. The number of halogens is 1. The van der Waals surface area contributed by atoms with Gasteiger partial charge in [-0.15, -0.1) is 12.4 Å². The average Bonchev–Trinajstić information content (AvgIpc) is 2.82. The van der Waals surface area contributed by atoms with Crippen molar-refractivity contribution in [2.75, 3.05) is 5.73 Å².